The Morgan fingerprint density at radius 3 is 2.36 bits per heavy atom. The van der Waals surface area contributed by atoms with Gasteiger partial charge in [-0.15, -0.1) is 0 Å². The minimum absolute atomic E-state index is 0.118. The minimum Gasteiger partial charge on any atom is -0.480 e. The number of aryl methyl sites for hydroxylation is 1. The number of carboxylic acid groups (broad SMARTS) is 1. The number of para-hydroxylation sites is 1. The number of halogens is 1. The summed E-state index contributed by atoms with van der Waals surface area (Å²) in [4.78, 5) is 36.5. The van der Waals surface area contributed by atoms with Crippen LogP contribution >= 0.6 is 0 Å². The van der Waals surface area contributed by atoms with Crippen molar-refractivity contribution in [3.05, 3.63) is 65.0 Å². The summed E-state index contributed by atoms with van der Waals surface area (Å²) in [5.74, 6) is -3.10. The van der Waals surface area contributed by atoms with Crippen LogP contribution < -0.4 is 10.6 Å². The van der Waals surface area contributed by atoms with Crippen LogP contribution in [0.2, 0.25) is 0 Å². The number of aliphatic carboxylic acids is 1. The summed E-state index contributed by atoms with van der Waals surface area (Å²) in [5.41, 5.74) is 0.779. The fraction of sp³-hybridized carbons (Fsp3) is 0.286. The van der Waals surface area contributed by atoms with Crippen LogP contribution in [0.25, 0.3) is 0 Å². The predicted molar refractivity (Wildman–Crippen MR) is 104 cm³/mol. The highest BCUT2D eigenvalue weighted by molar-refractivity contribution is 6.10. The molecular formula is C21H23FN2O4. The van der Waals surface area contributed by atoms with Crippen molar-refractivity contribution in [1.82, 2.24) is 5.32 Å². The number of carboxylic acids is 1. The fourth-order valence-corrected chi connectivity index (χ4v) is 2.75. The Balaban J connectivity index is 2.28. The molecule has 1 atom stereocenters. The fourth-order valence-electron chi connectivity index (χ4n) is 2.75. The number of anilines is 1. The molecule has 2 aromatic carbocycles. The highest BCUT2D eigenvalue weighted by Gasteiger charge is 2.23. The van der Waals surface area contributed by atoms with E-state index >= 15 is 0 Å². The Labute approximate surface area is 162 Å². The molecule has 0 spiro atoms. The van der Waals surface area contributed by atoms with E-state index in [9.17, 15) is 23.9 Å². The van der Waals surface area contributed by atoms with Crippen LogP contribution in [0, 0.1) is 12.7 Å². The van der Waals surface area contributed by atoms with Gasteiger partial charge >= 0.3 is 5.97 Å². The molecule has 2 amide bonds. The molecule has 0 saturated carbocycles. The lowest BCUT2D eigenvalue weighted by molar-refractivity contribution is -0.139. The smallest absolute Gasteiger partial charge is 0.326 e. The number of hydrogen-bond donors (Lipinski definition) is 3. The third kappa shape index (κ3) is 5.16. The summed E-state index contributed by atoms with van der Waals surface area (Å²) < 4.78 is 13.9. The molecule has 0 bridgehead atoms. The predicted octanol–water partition coefficient (Wildman–Crippen LogP) is 3.76. The molecule has 0 heterocycles. The Morgan fingerprint density at radius 2 is 1.71 bits per heavy atom. The van der Waals surface area contributed by atoms with E-state index in [2.05, 4.69) is 10.6 Å². The van der Waals surface area contributed by atoms with E-state index in [0.717, 1.165) is 6.42 Å². The number of nitrogens with one attached hydrogen (secondary N) is 2. The molecule has 7 heteroatoms. The monoisotopic (exact) mass is 386 g/mol. The van der Waals surface area contributed by atoms with Crippen LogP contribution in [0.5, 0.6) is 0 Å². The first-order valence-electron chi connectivity index (χ1n) is 9.04. The normalized spacial score (nSPS) is 11.5. The molecule has 0 unspecified atom stereocenters. The molecule has 0 radical (unpaired) electrons. The topological polar surface area (TPSA) is 95.5 Å². The van der Waals surface area contributed by atoms with E-state index < -0.39 is 29.6 Å². The van der Waals surface area contributed by atoms with Crippen LogP contribution in [-0.4, -0.2) is 28.9 Å². The third-order valence-electron chi connectivity index (χ3n) is 4.32. The summed E-state index contributed by atoms with van der Waals surface area (Å²) in [7, 11) is 0. The van der Waals surface area contributed by atoms with Crippen molar-refractivity contribution in [2.24, 2.45) is 0 Å². The molecule has 0 aliphatic heterocycles. The van der Waals surface area contributed by atoms with Crippen LogP contribution in [-0.2, 0) is 4.79 Å². The highest BCUT2D eigenvalue weighted by Crippen LogP contribution is 2.22. The van der Waals surface area contributed by atoms with E-state index in [1.165, 1.54) is 30.3 Å². The number of rotatable bonds is 8. The molecule has 0 aromatic heterocycles. The zero-order valence-electron chi connectivity index (χ0n) is 15.8. The van der Waals surface area contributed by atoms with Crippen molar-refractivity contribution in [3.8, 4) is 0 Å². The van der Waals surface area contributed by atoms with E-state index in [-0.39, 0.29) is 16.8 Å². The maximum absolute atomic E-state index is 13.9. The second-order valence-corrected chi connectivity index (χ2v) is 6.44. The zero-order chi connectivity index (χ0) is 20.7. The maximum Gasteiger partial charge on any atom is 0.326 e. The Morgan fingerprint density at radius 1 is 1.04 bits per heavy atom. The Hall–Kier alpha value is -3.22. The van der Waals surface area contributed by atoms with Crippen molar-refractivity contribution in [2.45, 2.75) is 39.2 Å². The van der Waals surface area contributed by atoms with Gasteiger partial charge in [-0.05, 0) is 37.1 Å². The second kappa shape index (κ2) is 9.64. The van der Waals surface area contributed by atoms with Gasteiger partial charge in [0.05, 0.1) is 16.8 Å². The average molecular weight is 386 g/mol. The second-order valence-electron chi connectivity index (χ2n) is 6.44. The number of unbranched alkanes of at least 4 members (excludes halogenated alkanes) is 1. The summed E-state index contributed by atoms with van der Waals surface area (Å²) in [5, 5.41) is 14.4. The largest absolute Gasteiger partial charge is 0.480 e. The van der Waals surface area contributed by atoms with Crippen LogP contribution in [0.1, 0.15) is 52.5 Å². The van der Waals surface area contributed by atoms with Crippen molar-refractivity contribution >= 4 is 23.5 Å². The Bertz CT molecular complexity index is 882. The van der Waals surface area contributed by atoms with Gasteiger partial charge < -0.3 is 15.7 Å². The van der Waals surface area contributed by atoms with E-state index in [1.807, 2.05) is 6.92 Å². The van der Waals surface area contributed by atoms with Gasteiger partial charge in [-0.1, -0.05) is 44.0 Å². The number of benzene rings is 2. The van der Waals surface area contributed by atoms with Gasteiger partial charge in [-0.2, -0.15) is 0 Å². The lowest BCUT2D eigenvalue weighted by Crippen LogP contribution is -2.41. The molecule has 148 valence electrons. The van der Waals surface area contributed by atoms with Gasteiger partial charge in [0.25, 0.3) is 11.8 Å². The Kier molecular flexibility index (Phi) is 7.26. The van der Waals surface area contributed by atoms with Gasteiger partial charge in [-0.3, -0.25) is 9.59 Å². The SMILES string of the molecule is CCCC[C@H](NC(=O)c1cccc(C)c1NC(=O)c1ccccc1F)C(=O)O. The summed E-state index contributed by atoms with van der Waals surface area (Å²) >= 11 is 0. The lowest BCUT2D eigenvalue weighted by Gasteiger charge is -2.17. The van der Waals surface area contributed by atoms with Crippen molar-refractivity contribution < 1.29 is 23.9 Å². The molecule has 2 rings (SSSR count). The maximum atomic E-state index is 13.9. The van der Waals surface area contributed by atoms with Gasteiger partial charge in [0.2, 0.25) is 0 Å². The van der Waals surface area contributed by atoms with Gasteiger partial charge in [-0.25, -0.2) is 9.18 Å². The summed E-state index contributed by atoms with van der Waals surface area (Å²) in [6, 6.07) is 9.31. The van der Waals surface area contributed by atoms with Gasteiger partial charge in [0, 0.05) is 0 Å². The third-order valence-corrected chi connectivity index (χ3v) is 4.32. The first kappa shape index (κ1) is 21.1. The van der Waals surface area contributed by atoms with Crippen LogP contribution in [0.3, 0.4) is 0 Å². The van der Waals surface area contributed by atoms with Crippen molar-refractivity contribution in [2.75, 3.05) is 5.32 Å². The quantitative estimate of drug-likeness (QED) is 0.644. The van der Waals surface area contributed by atoms with E-state index in [1.54, 1.807) is 19.1 Å². The lowest BCUT2D eigenvalue weighted by atomic mass is 10.0. The van der Waals surface area contributed by atoms with Crippen molar-refractivity contribution in [1.29, 1.82) is 0 Å². The molecule has 6 nitrogen and oxygen atoms in total. The standard InChI is InChI=1S/C21H23FN2O4/c1-3-4-12-17(21(27)28)23-20(26)15-10-7-8-13(2)18(15)24-19(25)14-9-5-6-11-16(14)22/h5-11,17H,3-4,12H2,1-2H3,(H,23,26)(H,24,25)(H,27,28)/t17-/m0/s1. The molecule has 3 N–H and O–H groups in total. The minimum atomic E-state index is -1.12. The first-order chi connectivity index (χ1) is 13.3. The van der Waals surface area contributed by atoms with Crippen LogP contribution in [0.4, 0.5) is 10.1 Å². The first-order valence-corrected chi connectivity index (χ1v) is 9.04. The molecule has 28 heavy (non-hydrogen) atoms. The van der Waals surface area contributed by atoms with Crippen LogP contribution in [0.15, 0.2) is 42.5 Å². The van der Waals surface area contributed by atoms with E-state index in [0.29, 0.717) is 18.4 Å². The molecular weight excluding hydrogens is 363 g/mol. The molecule has 0 saturated heterocycles. The highest BCUT2D eigenvalue weighted by atomic mass is 19.1. The molecule has 0 aliphatic carbocycles. The number of amides is 2. The molecule has 2 aromatic rings. The average Bonchev–Trinajstić information content (AvgIpc) is 2.66. The van der Waals surface area contributed by atoms with Crippen molar-refractivity contribution in [3.63, 3.8) is 0 Å². The molecule has 0 fully saturated rings. The molecule has 0 aliphatic rings. The number of carbonyl (C=O) groups excluding carboxylic acids is 2. The number of hydrogen-bond acceptors (Lipinski definition) is 3. The zero-order valence-corrected chi connectivity index (χ0v) is 15.8. The number of carbonyl (C=O) groups is 3. The van der Waals surface area contributed by atoms with Gasteiger partial charge in [0.1, 0.15) is 11.9 Å². The van der Waals surface area contributed by atoms with E-state index in [4.69, 9.17) is 0 Å². The summed E-state index contributed by atoms with van der Waals surface area (Å²) in [6.07, 6.45) is 1.76. The summed E-state index contributed by atoms with van der Waals surface area (Å²) in [6.45, 7) is 3.62. The van der Waals surface area contributed by atoms with Gasteiger partial charge in [0.15, 0.2) is 0 Å².